The molecule has 4 nitrogen and oxygen atoms in total. The maximum atomic E-state index is 11.6. The normalized spacial score (nSPS) is 11.7. The van der Waals surface area contributed by atoms with Gasteiger partial charge in [0.15, 0.2) is 0 Å². The molecule has 0 aliphatic rings. The predicted molar refractivity (Wildman–Crippen MR) is 92.3 cm³/mol. The van der Waals surface area contributed by atoms with Crippen LogP contribution in [-0.2, 0) is 4.79 Å². The molecule has 0 spiro atoms. The van der Waals surface area contributed by atoms with Crippen LogP contribution in [0.1, 0.15) is 24.5 Å². The third-order valence-corrected chi connectivity index (χ3v) is 3.48. The van der Waals surface area contributed by atoms with Crippen molar-refractivity contribution in [3.05, 3.63) is 48.0 Å². The quantitative estimate of drug-likeness (QED) is 0.686. The Bertz CT molecular complexity index is 604. The molecule has 2 rings (SSSR count). The summed E-state index contributed by atoms with van der Waals surface area (Å²) in [6, 6.07) is 13.9. The van der Waals surface area contributed by atoms with E-state index in [0.29, 0.717) is 6.42 Å². The Kier molecular flexibility index (Phi) is 7.88. The monoisotopic (exact) mass is 322 g/mol. The van der Waals surface area contributed by atoms with Crippen LogP contribution in [0.5, 0.6) is 0 Å². The summed E-state index contributed by atoms with van der Waals surface area (Å²) in [5, 5.41) is 18.2. The molecule has 0 fully saturated rings. The lowest BCUT2D eigenvalue weighted by Crippen LogP contribution is -2.28. The van der Waals surface area contributed by atoms with Gasteiger partial charge < -0.3 is 15.7 Å². The highest BCUT2D eigenvalue weighted by atomic mass is 35.5. The van der Waals surface area contributed by atoms with Crippen LogP contribution in [-0.4, -0.2) is 31.2 Å². The van der Waals surface area contributed by atoms with Gasteiger partial charge in [-0.25, -0.2) is 0 Å². The van der Waals surface area contributed by atoms with Crippen molar-refractivity contribution < 1.29 is 9.90 Å². The molecule has 0 bridgehead atoms. The summed E-state index contributed by atoms with van der Waals surface area (Å²) in [4.78, 5) is 11.6. The largest absolute Gasteiger partial charge is 0.387 e. The van der Waals surface area contributed by atoms with Gasteiger partial charge in [-0.15, -0.1) is 12.4 Å². The molecule has 0 heterocycles. The fraction of sp³-hybridized carbons (Fsp3) is 0.353. The third kappa shape index (κ3) is 5.30. The number of amides is 1. The number of halogens is 1. The van der Waals surface area contributed by atoms with Crippen LogP contribution in [0.2, 0.25) is 0 Å². The summed E-state index contributed by atoms with van der Waals surface area (Å²) in [5.41, 5.74) is 0.823. The number of hydrogen-bond acceptors (Lipinski definition) is 3. The fourth-order valence-electron chi connectivity index (χ4n) is 2.26. The van der Waals surface area contributed by atoms with Gasteiger partial charge in [-0.2, -0.15) is 0 Å². The van der Waals surface area contributed by atoms with Crippen molar-refractivity contribution in [3.8, 4) is 0 Å². The van der Waals surface area contributed by atoms with Crippen LogP contribution in [0, 0.1) is 0 Å². The third-order valence-electron chi connectivity index (χ3n) is 3.48. The first-order chi connectivity index (χ1) is 10.2. The molecule has 0 saturated carbocycles. The molecule has 0 saturated heterocycles. The standard InChI is InChI=1S/C17H22N2O2.ClH/c1-18-10-4-7-17(21)19-12-16(20)15-9-8-13-5-2-3-6-14(13)11-15;/h2-3,5-6,8-9,11,16,18,20H,4,7,10,12H2,1H3,(H,19,21);1H. The van der Waals surface area contributed by atoms with Crippen molar-refractivity contribution in [1.82, 2.24) is 10.6 Å². The molecule has 0 aliphatic carbocycles. The van der Waals surface area contributed by atoms with E-state index in [1.807, 2.05) is 49.5 Å². The minimum atomic E-state index is -0.678. The van der Waals surface area contributed by atoms with Gasteiger partial charge in [0.25, 0.3) is 0 Å². The number of nitrogens with one attached hydrogen (secondary N) is 2. The van der Waals surface area contributed by atoms with Crippen LogP contribution in [0.3, 0.4) is 0 Å². The Hall–Kier alpha value is -1.62. The summed E-state index contributed by atoms with van der Waals surface area (Å²) in [6.07, 6.45) is 0.600. The summed E-state index contributed by atoms with van der Waals surface area (Å²) >= 11 is 0. The SMILES string of the molecule is CNCCCC(=O)NCC(O)c1ccc2ccccc2c1.Cl. The molecule has 3 N–H and O–H groups in total. The predicted octanol–water partition coefficient (Wildman–Crippen LogP) is 2.41. The highest BCUT2D eigenvalue weighted by molar-refractivity contribution is 5.85. The summed E-state index contributed by atoms with van der Waals surface area (Å²) < 4.78 is 0. The maximum absolute atomic E-state index is 11.6. The minimum Gasteiger partial charge on any atom is -0.387 e. The summed E-state index contributed by atoms with van der Waals surface area (Å²) in [6.45, 7) is 1.07. The van der Waals surface area contributed by atoms with E-state index in [1.54, 1.807) is 0 Å². The molecule has 5 heteroatoms. The Morgan fingerprint density at radius 1 is 1.18 bits per heavy atom. The van der Waals surface area contributed by atoms with Gasteiger partial charge in [-0.1, -0.05) is 36.4 Å². The van der Waals surface area contributed by atoms with Crippen LogP contribution < -0.4 is 10.6 Å². The second-order valence-corrected chi connectivity index (χ2v) is 5.13. The lowest BCUT2D eigenvalue weighted by Gasteiger charge is -2.13. The zero-order chi connectivity index (χ0) is 15.1. The smallest absolute Gasteiger partial charge is 0.220 e. The highest BCUT2D eigenvalue weighted by Crippen LogP contribution is 2.20. The number of hydrogen-bond donors (Lipinski definition) is 3. The van der Waals surface area contributed by atoms with Crippen molar-refractivity contribution in [3.63, 3.8) is 0 Å². The summed E-state index contributed by atoms with van der Waals surface area (Å²) in [5.74, 6) is -0.0231. The first kappa shape index (κ1) is 18.4. The van der Waals surface area contributed by atoms with Crippen molar-refractivity contribution in [1.29, 1.82) is 0 Å². The van der Waals surface area contributed by atoms with Crippen molar-refractivity contribution in [2.24, 2.45) is 0 Å². The second-order valence-electron chi connectivity index (χ2n) is 5.13. The number of carbonyl (C=O) groups is 1. The van der Waals surface area contributed by atoms with Gasteiger partial charge in [0.1, 0.15) is 0 Å². The van der Waals surface area contributed by atoms with Crippen molar-refractivity contribution >= 4 is 29.1 Å². The minimum absolute atomic E-state index is 0. The lowest BCUT2D eigenvalue weighted by molar-refractivity contribution is -0.121. The number of benzene rings is 2. The first-order valence-electron chi connectivity index (χ1n) is 7.29. The molecule has 2 aromatic carbocycles. The van der Waals surface area contributed by atoms with Crippen molar-refractivity contribution in [2.45, 2.75) is 18.9 Å². The van der Waals surface area contributed by atoms with E-state index >= 15 is 0 Å². The average Bonchev–Trinajstić information content (AvgIpc) is 2.52. The number of fused-ring (bicyclic) bond motifs is 1. The molecule has 1 amide bonds. The van der Waals surface area contributed by atoms with E-state index in [2.05, 4.69) is 10.6 Å². The maximum Gasteiger partial charge on any atom is 0.220 e. The molecule has 22 heavy (non-hydrogen) atoms. The van der Waals surface area contributed by atoms with Gasteiger partial charge in [-0.05, 0) is 42.4 Å². The van der Waals surface area contributed by atoms with E-state index in [4.69, 9.17) is 0 Å². The van der Waals surface area contributed by atoms with Gasteiger partial charge in [0.05, 0.1) is 6.10 Å². The molecule has 1 unspecified atom stereocenters. The first-order valence-corrected chi connectivity index (χ1v) is 7.29. The molecule has 0 aliphatic heterocycles. The zero-order valence-corrected chi connectivity index (χ0v) is 13.5. The van der Waals surface area contributed by atoms with Gasteiger partial charge in [0, 0.05) is 13.0 Å². The van der Waals surface area contributed by atoms with E-state index in [0.717, 1.165) is 29.3 Å². The molecule has 120 valence electrons. The number of rotatable bonds is 7. The Balaban J connectivity index is 0.00000242. The molecule has 1 atom stereocenters. The zero-order valence-electron chi connectivity index (χ0n) is 12.7. The molecule has 0 aromatic heterocycles. The average molecular weight is 323 g/mol. The molecule has 2 aromatic rings. The number of aliphatic hydroxyl groups is 1. The van der Waals surface area contributed by atoms with Gasteiger partial charge in [-0.3, -0.25) is 4.79 Å². The number of carbonyl (C=O) groups excluding carboxylic acids is 1. The fourth-order valence-corrected chi connectivity index (χ4v) is 2.26. The lowest BCUT2D eigenvalue weighted by atomic mass is 10.0. The van der Waals surface area contributed by atoms with Crippen LogP contribution in [0.15, 0.2) is 42.5 Å². The van der Waals surface area contributed by atoms with E-state index in [1.165, 1.54) is 0 Å². The van der Waals surface area contributed by atoms with Crippen molar-refractivity contribution in [2.75, 3.05) is 20.1 Å². The topological polar surface area (TPSA) is 61.4 Å². The van der Waals surface area contributed by atoms with Crippen LogP contribution >= 0.6 is 12.4 Å². The van der Waals surface area contributed by atoms with Crippen LogP contribution in [0.4, 0.5) is 0 Å². The van der Waals surface area contributed by atoms with E-state index < -0.39 is 6.10 Å². The second kappa shape index (κ2) is 9.41. The van der Waals surface area contributed by atoms with Gasteiger partial charge in [0.2, 0.25) is 5.91 Å². The molecular formula is C17H23ClN2O2. The van der Waals surface area contributed by atoms with Gasteiger partial charge >= 0.3 is 0 Å². The van der Waals surface area contributed by atoms with E-state index in [9.17, 15) is 9.90 Å². The van der Waals surface area contributed by atoms with Crippen LogP contribution in [0.25, 0.3) is 10.8 Å². The highest BCUT2D eigenvalue weighted by Gasteiger charge is 2.10. The number of aliphatic hydroxyl groups excluding tert-OH is 1. The molecular weight excluding hydrogens is 300 g/mol. The summed E-state index contributed by atoms with van der Waals surface area (Å²) in [7, 11) is 1.86. The van der Waals surface area contributed by atoms with E-state index in [-0.39, 0.29) is 24.9 Å². The Labute approximate surface area is 137 Å². The molecule has 0 radical (unpaired) electrons. The Morgan fingerprint density at radius 3 is 2.64 bits per heavy atom. The Morgan fingerprint density at radius 2 is 1.91 bits per heavy atom.